The number of pyridine rings is 1. The average Bonchev–Trinajstić information content (AvgIpc) is 2.67. The number of hydrogen-bond donors (Lipinski definition) is 1. The maximum Gasteiger partial charge on any atom is 0.433 e. The fraction of sp³-hybridized carbons (Fsp3) is 0.455. The smallest absolute Gasteiger partial charge is 0.433 e. The van der Waals surface area contributed by atoms with Crippen molar-refractivity contribution < 1.29 is 31.5 Å². The van der Waals surface area contributed by atoms with Crippen LogP contribution in [0.3, 0.4) is 0 Å². The molecule has 0 aromatic carbocycles. The highest BCUT2D eigenvalue weighted by atomic mass is 32.2. The van der Waals surface area contributed by atoms with Crippen LogP contribution in [0.5, 0.6) is 0 Å². The Balaban J connectivity index is 2.42. The Kier molecular flexibility index (Phi) is 3.93. The standard InChI is InChI=1S/C11H11F3N2O4S/c12-11(13,14)9-3-2-7(10(17)18)8(15-9)6-16-4-1-5-21(16,19)20/h2-3H,1,4-6H2,(H,17,18). The number of hydrogen-bond acceptors (Lipinski definition) is 4. The van der Waals surface area contributed by atoms with Gasteiger partial charge in [0.15, 0.2) is 0 Å². The minimum atomic E-state index is -4.73. The fourth-order valence-corrected chi connectivity index (χ4v) is 3.49. The molecule has 0 bridgehead atoms. The molecule has 1 N–H and O–H groups in total. The zero-order valence-corrected chi connectivity index (χ0v) is 11.4. The van der Waals surface area contributed by atoms with Crippen molar-refractivity contribution in [1.82, 2.24) is 9.29 Å². The number of halogens is 3. The Morgan fingerprint density at radius 1 is 1.38 bits per heavy atom. The zero-order valence-electron chi connectivity index (χ0n) is 10.6. The van der Waals surface area contributed by atoms with Gasteiger partial charge in [-0.05, 0) is 18.6 Å². The van der Waals surface area contributed by atoms with E-state index in [1.807, 2.05) is 0 Å². The average molecular weight is 324 g/mol. The molecule has 1 aliphatic heterocycles. The molecule has 1 aromatic rings. The second kappa shape index (κ2) is 5.26. The van der Waals surface area contributed by atoms with Gasteiger partial charge in [0.05, 0.1) is 23.6 Å². The second-order valence-corrected chi connectivity index (χ2v) is 6.59. The number of rotatable bonds is 3. The van der Waals surface area contributed by atoms with E-state index in [1.54, 1.807) is 0 Å². The quantitative estimate of drug-likeness (QED) is 0.906. The Morgan fingerprint density at radius 2 is 2.05 bits per heavy atom. The van der Waals surface area contributed by atoms with E-state index in [0.717, 1.165) is 10.4 Å². The number of aromatic carboxylic acids is 1. The summed E-state index contributed by atoms with van der Waals surface area (Å²) in [7, 11) is -3.56. The number of sulfonamides is 1. The van der Waals surface area contributed by atoms with Gasteiger partial charge < -0.3 is 5.11 Å². The molecule has 2 heterocycles. The van der Waals surface area contributed by atoms with Gasteiger partial charge in [-0.3, -0.25) is 0 Å². The first-order valence-corrected chi connectivity index (χ1v) is 7.50. The Labute approximate surface area is 118 Å². The number of aromatic nitrogens is 1. The molecule has 21 heavy (non-hydrogen) atoms. The number of carbonyl (C=O) groups is 1. The van der Waals surface area contributed by atoms with Crippen LogP contribution in [0, 0.1) is 0 Å². The highest BCUT2D eigenvalue weighted by Crippen LogP contribution is 2.29. The van der Waals surface area contributed by atoms with Crippen LogP contribution in [-0.2, 0) is 22.7 Å². The van der Waals surface area contributed by atoms with E-state index >= 15 is 0 Å². The summed E-state index contributed by atoms with van der Waals surface area (Å²) in [6, 6.07) is 1.35. The molecule has 0 unspecified atom stereocenters. The molecular weight excluding hydrogens is 313 g/mol. The van der Waals surface area contributed by atoms with E-state index in [9.17, 15) is 26.4 Å². The largest absolute Gasteiger partial charge is 0.478 e. The van der Waals surface area contributed by atoms with Crippen molar-refractivity contribution in [1.29, 1.82) is 0 Å². The molecule has 1 aliphatic rings. The summed E-state index contributed by atoms with van der Waals surface area (Å²) >= 11 is 0. The van der Waals surface area contributed by atoms with Crippen molar-refractivity contribution in [2.45, 2.75) is 19.1 Å². The summed E-state index contributed by atoms with van der Waals surface area (Å²) in [5.41, 5.74) is -2.10. The molecular formula is C11H11F3N2O4S. The van der Waals surface area contributed by atoms with E-state index in [4.69, 9.17) is 5.11 Å². The van der Waals surface area contributed by atoms with Crippen LogP contribution < -0.4 is 0 Å². The first-order valence-electron chi connectivity index (χ1n) is 5.89. The van der Waals surface area contributed by atoms with Crippen LogP contribution in [0.4, 0.5) is 13.2 Å². The highest BCUT2D eigenvalue weighted by molar-refractivity contribution is 7.89. The number of nitrogens with zero attached hydrogens (tertiary/aromatic N) is 2. The van der Waals surface area contributed by atoms with Gasteiger partial charge in [0.25, 0.3) is 0 Å². The minimum Gasteiger partial charge on any atom is -0.478 e. The lowest BCUT2D eigenvalue weighted by molar-refractivity contribution is -0.141. The molecule has 10 heteroatoms. The third-order valence-corrected chi connectivity index (χ3v) is 4.93. The predicted octanol–water partition coefficient (Wildman–Crippen LogP) is 1.33. The summed E-state index contributed by atoms with van der Waals surface area (Å²) in [4.78, 5) is 14.3. The van der Waals surface area contributed by atoms with Crippen LogP contribution in [0.15, 0.2) is 12.1 Å². The number of carboxylic acids is 1. The molecule has 1 saturated heterocycles. The predicted molar refractivity (Wildman–Crippen MR) is 65.0 cm³/mol. The maximum atomic E-state index is 12.6. The third-order valence-electron chi connectivity index (χ3n) is 3.02. The summed E-state index contributed by atoms with van der Waals surface area (Å²) in [6.07, 6.45) is -4.38. The van der Waals surface area contributed by atoms with Gasteiger partial charge in [0.2, 0.25) is 10.0 Å². The minimum absolute atomic E-state index is 0.103. The van der Waals surface area contributed by atoms with Crippen LogP contribution in [0.1, 0.15) is 28.2 Å². The molecule has 0 atom stereocenters. The van der Waals surface area contributed by atoms with E-state index in [-0.39, 0.29) is 12.3 Å². The van der Waals surface area contributed by atoms with Crippen LogP contribution in [0.25, 0.3) is 0 Å². The maximum absolute atomic E-state index is 12.6. The van der Waals surface area contributed by atoms with Gasteiger partial charge in [0.1, 0.15) is 5.69 Å². The Morgan fingerprint density at radius 3 is 2.52 bits per heavy atom. The van der Waals surface area contributed by atoms with Crippen LogP contribution in [-0.4, -0.2) is 41.1 Å². The lowest BCUT2D eigenvalue weighted by Gasteiger charge is -2.16. The van der Waals surface area contributed by atoms with E-state index in [0.29, 0.717) is 12.5 Å². The number of alkyl halides is 3. The van der Waals surface area contributed by atoms with Gasteiger partial charge in [-0.1, -0.05) is 0 Å². The van der Waals surface area contributed by atoms with Gasteiger partial charge in [-0.2, -0.15) is 17.5 Å². The lowest BCUT2D eigenvalue weighted by Crippen LogP contribution is -2.27. The van der Waals surface area contributed by atoms with Gasteiger partial charge in [0, 0.05) is 6.54 Å². The van der Waals surface area contributed by atoms with Crippen LogP contribution in [0.2, 0.25) is 0 Å². The Bertz CT molecular complexity index is 673. The lowest BCUT2D eigenvalue weighted by atomic mass is 10.1. The summed E-state index contributed by atoms with van der Waals surface area (Å²) in [6.45, 7) is -0.340. The molecule has 0 radical (unpaired) electrons. The monoisotopic (exact) mass is 324 g/mol. The molecule has 0 aliphatic carbocycles. The van der Waals surface area contributed by atoms with Gasteiger partial charge in [-0.15, -0.1) is 0 Å². The van der Waals surface area contributed by atoms with E-state index < -0.39 is 45.7 Å². The van der Waals surface area contributed by atoms with Crippen LogP contribution >= 0.6 is 0 Å². The van der Waals surface area contributed by atoms with E-state index in [2.05, 4.69) is 4.98 Å². The van der Waals surface area contributed by atoms with Crippen molar-refractivity contribution in [3.05, 3.63) is 29.1 Å². The molecule has 1 fully saturated rings. The first-order chi connectivity index (χ1) is 9.61. The van der Waals surface area contributed by atoms with Crippen molar-refractivity contribution >= 4 is 16.0 Å². The molecule has 1 aromatic heterocycles. The molecule has 0 spiro atoms. The fourth-order valence-electron chi connectivity index (χ4n) is 2.01. The molecule has 116 valence electrons. The Hall–Kier alpha value is -1.68. The summed E-state index contributed by atoms with van der Waals surface area (Å²) in [5, 5.41) is 8.97. The van der Waals surface area contributed by atoms with Crippen molar-refractivity contribution in [2.24, 2.45) is 0 Å². The van der Waals surface area contributed by atoms with Crippen molar-refractivity contribution in [2.75, 3.05) is 12.3 Å². The first kappa shape index (κ1) is 15.7. The second-order valence-electron chi connectivity index (χ2n) is 4.50. The van der Waals surface area contributed by atoms with E-state index in [1.165, 1.54) is 0 Å². The third kappa shape index (κ3) is 3.32. The van der Waals surface area contributed by atoms with Crippen molar-refractivity contribution in [3.8, 4) is 0 Å². The molecule has 0 amide bonds. The van der Waals surface area contributed by atoms with Gasteiger partial charge >= 0.3 is 12.1 Å². The SMILES string of the molecule is O=C(O)c1ccc(C(F)(F)F)nc1CN1CCCS1(=O)=O. The van der Waals surface area contributed by atoms with Crippen molar-refractivity contribution in [3.63, 3.8) is 0 Å². The number of carboxylic acid groups (broad SMARTS) is 1. The zero-order chi connectivity index (χ0) is 15.8. The van der Waals surface area contributed by atoms with Gasteiger partial charge in [-0.25, -0.2) is 18.2 Å². The molecule has 2 rings (SSSR count). The summed E-state index contributed by atoms with van der Waals surface area (Å²) in [5.74, 6) is -1.56. The normalized spacial score (nSPS) is 18.8. The molecule has 0 saturated carbocycles. The summed E-state index contributed by atoms with van der Waals surface area (Å²) < 4.78 is 62.1. The molecule has 6 nitrogen and oxygen atoms in total. The topological polar surface area (TPSA) is 87.6 Å². The highest BCUT2D eigenvalue weighted by Gasteiger charge is 2.35.